The van der Waals surface area contributed by atoms with Gasteiger partial charge in [-0.3, -0.25) is 4.79 Å². The lowest BCUT2D eigenvalue weighted by atomic mass is 9.95. The molecule has 1 aliphatic rings. The second-order valence-corrected chi connectivity index (χ2v) is 5.74. The Labute approximate surface area is 106 Å². The van der Waals surface area contributed by atoms with Gasteiger partial charge in [-0.1, -0.05) is 13.3 Å². The van der Waals surface area contributed by atoms with Crippen LogP contribution < -0.4 is 5.73 Å². The van der Waals surface area contributed by atoms with Crippen LogP contribution in [0, 0.1) is 0 Å². The summed E-state index contributed by atoms with van der Waals surface area (Å²) in [7, 11) is 0. The van der Waals surface area contributed by atoms with Gasteiger partial charge in [0.15, 0.2) is 0 Å². The van der Waals surface area contributed by atoms with E-state index in [0.717, 1.165) is 12.2 Å². The van der Waals surface area contributed by atoms with E-state index in [1.54, 1.807) is 18.7 Å². The number of nitrogens with zero attached hydrogens (tertiary/aromatic N) is 1. The SMILES string of the molecule is CCCC(C)(N)C(=O)N1CCSCC1C(=O)O. The van der Waals surface area contributed by atoms with E-state index in [9.17, 15) is 9.59 Å². The molecule has 0 saturated carbocycles. The van der Waals surface area contributed by atoms with E-state index in [1.165, 1.54) is 4.90 Å². The molecule has 0 aliphatic carbocycles. The van der Waals surface area contributed by atoms with E-state index >= 15 is 0 Å². The van der Waals surface area contributed by atoms with Gasteiger partial charge >= 0.3 is 5.97 Å². The molecule has 1 fully saturated rings. The van der Waals surface area contributed by atoms with E-state index in [1.807, 2.05) is 6.92 Å². The lowest BCUT2D eigenvalue weighted by molar-refractivity contribution is -0.151. The number of carboxylic acid groups (broad SMARTS) is 1. The predicted molar refractivity (Wildman–Crippen MR) is 68.0 cm³/mol. The summed E-state index contributed by atoms with van der Waals surface area (Å²) in [6, 6.07) is -0.735. The van der Waals surface area contributed by atoms with Gasteiger partial charge in [-0.15, -0.1) is 0 Å². The van der Waals surface area contributed by atoms with Crippen molar-refractivity contribution in [3.8, 4) is 0 Å². The molecule has 5 nitrogen and oxygen atoms in total. The van der Waals surface area contributed by atoms with Crippen LogP contribution in [0.15, 0.2) is 0 Å². The van der Waals surface area contributed by atoms with Crippen LogP contribution in [-0.2, 0) is 9.59 Å². The quantitative estimate of drug-likeness (QED) is 0.770. The molecule has 1 aliphatic heterocycles. The number of hydrogen-bond acceptors (Lipinski definition) is 4. The largest absolute Gasteiger partial charge is 0.480 e. The van der Waals surface area contributed by atoms with Gasteiger partial charge in [0.25, 0.3) is 0 Å². The van der Waals surface area contributed by atoms with Crippen molar-refractivity contribution in [2.24, 2.45) is 5.73 Å². The van der Waals surface area contributed by atoms with Gasteiger partial charge in [-0.05, 0) is 13.3 Å². The number of carbonyl (C=O) groups is 2. The van der Waals surface area contributed by atoms with E-state index in [2.05, 4.69) is 0 Å². The molecule has 0 bridgehead atoms. The number of nitrogens with two attached hydrogens (primary N) is 1. The first-order valence-corrected chi connectivity index (χ1v) is 6.96. The summed E-state index contributed by atoms with van der Waals surface area (Å²) >= 11 is 1.56. The number of carboxylic acids is 1. The number of hydrogen-bond donors (Lipinski definition) is 2. The highest BCUT2D eigenvalue weighted by atomic mass is 32.2. The Bertz CT molecular complexity index is 307. The molecule has 3 N–H and O–H groups in total. The number of carbonyl (C=O) groups excluding carboxylic acids is 1. The second-order valence-electron chi connectivity index (χ2n) is 4.59. The number of aliphatic carboxylic acids is 1. The first-order chi connectivity index (χ1) is 7.90. The Balaban J connectivity index is 2.81. The third-order valence-electron chi connectivity index (χ3n) is 2.93. The van der Waals surface area contributed by atoms with Gasteiger partial charge in [0, 0.05) is 18.1 Å². The summed E-state index contributed by atoms with van der Waals surface area (Å²) in [5.74, 6) is 0.0333. The Hall–Kier alpha value is -0.750. The molecule has 2 unspecified atom stereocenters. The monoisotopic (exact) mass is 260 g/mol. The standard InChI is InChI=1S/C11H20N2O3S/c1-3-4-11(2,12)10(16)13-5-6-17-7-8(13)9(14)15/h8H,3-7,12H2,1-2H3,(H,14,15). The maximum Gasteiger partial charge on any atom is 0.327 e. The molecule has 6 heteroatoms. The van der Waals surface area contributed by atoms with E-state index in [4.69, 9.17) is 10.8 Å². The summed E-state index contributed by atoms with van der Waals surface area (Å²) in [6.45, 7) is 4.11. The minimum atomic E-state index is -0.954. The van der Waals surface area contributed by atoms with Crippen LogP contribution in [0.25, 0.3) is 0 Å². The van der Waals surface area contributed by atoms with Gasteiger partial charge in [-0.25, -0.2) is 4.79 Å². The summed E-state index contributed by atoms with van der Waals surface area (Å²) < 4.78 is 0. The minimum absolute atomic E-state index is 0.243. The maximum absolute atomic E-state index is 12.3. The fourth-order valence-corrected chi connectivity index (χ4v) is 3.04. The molecule has 0 spiro atoms. The van der Waals surface area contributed by atoms with E-state index in [0.29, 0.717) is 18.7 Å². The van der Waals surface area contributed by atoms with Crippen LogP contribution in [0.3, 0.4) is 0 Å². The summed E-state index contributed by atoms with van der Waals surface area (Å²) in [6.07, 6.45) is 1.38. The highest BCUT2D eigenvalue weighted by Crippen LogP contribution is 2.21. The molecule has 1 saturated heterocycles. The Kier molecular flexibility index (Phi) is 4.82. The van der Waals surface area contributed by atoms with Crippen molar-refractivity contribution in [1.82, 2.24) is 4.90 Å². The van der Waals surface area contributed by atoms with Crippen molar-refractivity contribution in [3.05, 3.63) is 0 Å². The molecule has 0 aromatic carbocycles. The highest BCUT2D eigenvalue weighted by molar-refractivity contribution is 7.99. The fraction of sp³-hybridized carbons (Fsp3) is 0.818. The maximum atomic E-state index is 12.3. The molecule has 0 aromatic rings. The summed E-state index contributed by atoms with van der Waals surface area (Å²) in [5, 5.41) is 9.11. The van der Waals surface area contributed by atoms with Crippen LogP contribution in [0.5, 0.6) is 0 Å². The van der Waals surface area contributed by atoms with Crippen molar-refractivity contribution in [2.45, 2.75) is 38.3 Å². The minimum Gasteiger partial charge on any atom is -0.480 e. The summed E-state index contributed by atoms with van der Waals surface area (Å²) in [5.41, 5.74) is 5.02. The molecular weight excluding hydrogens is 240 g/mol. The van der Waals surface area contributed by atoms with Crippen LogP contribution in [-0.4, -0.2) is 51.5 Å². The van der Waals surface area contributed by atoms with E-state index < -0.39 is 17.6 Å². The van der Waals surface area contributed by atoms with Crippen molar-refractivity contribution >= 4 is 23.6 Å². The van der Waals surface area contributed by atoms with Crippen molar-refractivity contribution in [3.63, 3.8) is 0 Å². The lowest BCUT2D eigenvalue weighted by Gasteiger charge is -2.37. The van der Waals surface area contributed by atoms with Gasteiger partial charge in [0.2, 0.25) is 5.91 Å². The zero-order valence-corrected chi connectivity index (χ0v) is 11.1. The molecule has 1 heterocycles. The van der Waals surface area contributed by atoms with Crippen molar-refractivity contribution in [2.75, 3.05) is 18.1 Å². The van der Waals surface area contributed by atoms with Crippen LogP contribution in [0.2, 0.25) is 0 Å². The molecule has 0 radical (unpaired) electrons. The van der Waals surface area contributed by atoms with E-state index in [-0.39, 0.29) is 5.91 Å². The molecule has 1 amide bonds. The first kappa shape index (κ1) is 14.3. The molecule has 17 heavy (non-hydrogen) atoms. The average Bonchev–Trinajstić information content (AvgIpc) is 2.28. The van der Waals surface area contributed by atoms with Gasteiger partial charge in [-0.2, -0.15) is 11.8 Å². The normalized spacial score (nSPS) is 24.2. The average molecular weight is 260 g/mol. The number of rotatable bonds is 4. The molecule has 98 valence electrons. The number of amides is 1. The Morgan fingerprint density at radius 1 is 1.59 bits per heavy atom. The van der Waals surface area contributed by atoms with Crippen molar-refractivity contribution in [1.29, 1.82) is 0 Å². The molecular formula is C11H20N2O3S. The van der Waals surface area contributed by atoms with Crippen LogP contribution in [0.1, 0.15) is 26.7 Å². The second kappa shape index (κ2) is 5.73. The number of thioether (sulfide) groups is 1. The van der Waals surface area contributed by atoms with Crippen molar-refractivity contribution < 1.29 is 14.7 Å². The third-order valence-corrected chi connectivity index (χ3v) is 3.95. The highest BCUT2D eigenvalue weighted by Gasteiger charge is 2.39. The van der Waals surface area contributed by atoms with Gasteiger partial charge in [0.05, 0.1) is 5.54 Å². The zero-order valence-electron chi connectivity index (χ0n) is 10.3. The lowest BCUT2D eigenvalue weighted by Crippen LogP contribution is -2.60. The topological polar surface area (TPSA) is 83.6 Å². The summed E-state index contributed by atoms with van der Waals surface area (Å²) in [4.78, 5) is 24.8. The van der Waals surface area contributed by atoms with Gasteiger partial charge in [0.1, 0.15) is 6.04 Å². The van der Waals surface area contributed by atoms with Crippen LogP contribution in [0.4, 0.5) is 0 Å². The molecule has 1 rings (SSSR count). The molecule has 0 aromatic heterocycles. The zero-order chi connectivity index (χ0) is 13.1. The van der Waals surface area contributed by atoms with Gasteiger partial charge < -0.3 is 15.7 Å². The Morgan fingerprint density at radius 3 is 2.76 bits per heavy atom. The third kappa shape index (κ3) is 3.35. The predicted octanol–water partition coefficient (Wildman–Crippen LogP) is 0.532. The first-order valence-electron chi connectivity index (χ1n) is 5.80. The Morgan fingerprint density at radius 2 is 2.24 bits per heavy atom. The molecule has 2 atom stereocenters. The van der Waals surface area contributed by atoms with Crippen LogP contribution >= 0.6 is 11.8 Å². The fourth-order valence-electron chi connectivity index (χ4n) is 2.01. The smallest absolute Gasteiger partial charge is 0.327 e.